The van der Waals surface area contributed by atoms with Gasteiger partial charge in [-0.25, -0.2) is 14.8 Å². The zero-order valence-corrected chi connectivity index (χ0v) is 24.8. The largest absolute Gasteiger partial charge is 0.493 e. The van der Waals surface area contributed by atoms with Crippen molar-refractivity contribution < 1.29 is 23.9 Å². The van der Waals surface area contributed by atoms with Gasteiger partial charge in [0.1, 0.15) is 12.2 Å². The average Bonchev–Trinajstić information content (AvgIpc) is 2.96. The molecule has 2 aliphatic heterocycles. The zero-order valence-electron chi connectivity index (χ0n) is 24.8. The fraction of sp³-hybridized carbons (Fsp3) is 0.516. The summed E-state index contributed by atoms with van der Waals surface area (Å²) in [6.07, 6.45) is 1.31. The van der Waals surface area contributed by atoms with Crippen molar-refractivity contribution in [3.05, 3.63) is 59.7 Å². The second-order valence-electron chi connectivity index (χ2n) is 11.0. The Balaban J connectivity index is 1.60. The van der Waals surface area contributed by atoms with Crippen molar-refractivity contribution in [2.75, 3.05) is 40.4 Å². The van der Waals surface area contributed by atoms with Crippen LogP contribution in [0, 0.1) is 5.92 Å². The fourth-order valence-corrected chi connectivity index (χ4v) is 5.68. The average molecular weight is 566 g/mol. The van der Waals surface area contributed by atoms with Gasteiger partial charge in [-0.1, -0.05) is 57.2 Å². The van der Waals surface area contributed by atoms with E-state index < -0.39 is 12.2 Å². The highest BCUT2D eigenvalue weighted by molar-refractivity contribution is 5.91. The van der Waals surface area contributed by atoms with Gasteiger partial charge in [0, 0.05) is 19.6 Å². The molecule has 2 saturated heterocycles. The lowest BCUT2D eigenvalue weighted by Crippen LogP contribution is -2.76. The Morgan fingerprint density at radius 3 is 2.39 bits per heavy atom. The molecule has 2 heterocycles. The van der Waals surface area contributed by atoms with Crippen LogP contribution in [-0.2, 0) is 22.6 Å². The van der Waals surface area contributed by atoms with Gasteiger partial charge in [0.15, 0.2) is 11.5 Å². The molecule has 0 radical (unpaired) electrons. The van der Waals surface area contributed by atoms with Gasteiger partial charge in [-0.05, 0) is 48.4 Å². The predicted octanol–water partition coefficient (Wildman–Crippen LogP) is 3.51. The number of nitrogens with zero attached hydrogens (tertiary/aromatic N) is 4. The maximum atomic E-state index is 13.9. The van der Waals surface area contributed by atoms with Crippen LogP contribution in [0.25, 0.3) is 0 Å². The topological polar surface area (TPSA) is 94.7 Å². The van der Waals surface area contributed by atoms with Gasteiger partial charge in [0.2, 0.25) is 11.8 Å². The molecule has 10 nitrogen and oxygen atoms in total. The Bertz CT molecular complexity index is 1210. The van der Waals surface area contributed by atoms with Gasteiger partial charge in [-0.2, -0.15) is 0 Å². The third-order valence-corrected chi connectivity index (χ3v) is 7.62. The highest BCUT2D eigenvalue weighted by Crippen LogP contribution is 2.31. The van der Waals surface area contributed by atoms with E-state index in [4.69, 9.17) is 9.47 Å². The molecule has 0 unspecified atom stereocenters. The van der Waals surface area contributed by atoms with Crippen molar-refractivity contribution in [1.29, 1.82) is 0 Å². The summed E-state index contributed by atoms with van der Waals surface area (Å²) >= 11 is 0. The first-order valence-corrected chi connectivity index (χ1v) is 14.4. The monoisotopic (exact) mass is 565 g/mol. The molecular weight excluding hydrogens is 522 g/mol. The summed E-state index contributed by atoms with van der Waals surface area (Å²) in [6, 6.07) is 14.6. The Kier molecular flexibility index (Phi) is 10.1. The van der Waals surface area contributed by atoms with Crippen LogP contribution < -0.4 is 14.8 Å². The number of rotatable bonds is 11. The van der Waals surface area contributed by atoms with E-state index in [0.717, 1.165) is 17.5 Å². The van der Waals surface area contributed by atoms with Gasteiger partial charge in [0.25, 0.3) is 0 Å². The van der Waals surface area contributed by atoms with Crippen LogP contribution in [0.1, 0.15) is 44.7 Å². The van der Waals surface area contributed by atoms with E-state index in [2.05, 4.69) is 5.32 Å². The highest BCUT2D eigenvalue weighted by Gasteiger charge is 2.51. The molecule has 0 bridgehead atoms. The molecule has 4 amide bonds. The lowest BCUT2D eigenvalue weighted by Gasteiger charge is -2.55. The van der Waals surface area contributed by atoms with E-state index in [-0.39, 0.29) is 36.9 Å². The van der Waals surface area contributed by atoms with Crippen LogP contribution in [0.4, 0.5) is 4.79 Å². The van der Waals surface area contributed by atoms with Crippen molar-refractivity contribution >= 4 is 17.8 Å². The molecule has 2 aliphatic rings. The number of fused-ring (bicyclic) bond motifs is 1. The normalized spacial score (nSPS) is 19.4. The molecule has 0 spiro atoms. The third-order valence-electron chi connectivity index (χ3n) is 7.62. The number of hydrazine groups is 1. The summed E-state index contributed by atoms with van der Waals surface area (Å²) in [6.45, 7) is 7.81. The lowest BCUT2D eigenvalue weighted by molar-refractivity contribution is -0.191. The zero-order chi connectivity index (χ0) is 29.5. The predicted molar refractivity (Wildman–Crippen MR) is 156 cm³/mol. The number of ether oxygens (including phenoxy) is 2. The standard InChI is InChI=1S/C31H43N5O5/c1-6-15-34-21-29(37)35-25(17-22(2)3)30(38)33(16-14-23-12-13-26(40-4)27(18-23)41-5)20-28(35)36(34)31(39)32-19-24-10-8-7-9-11-24/h7-13,18,22,25,28H,6,14-17,19-21H2,1-5H3,(H,32,39)/t25-,28-/m0/s1. The molecule has 4 rings (SSSR count). The first kappa shape index (κ1) is 30.2. The fourth-order valence-electron chi connectivity index (χ4n) is 5.68. The highest BCUT2D eigenvalue weighted by atomic mass is 16.5. The number of hydrogen-bond acceptors (Lipinski definition) is 6. The molecule has 0 aliphatic carbocycles. The molecule has 41 heavy (non-hydrogen) atoms. The number of amides is 4. The summed E-state index contributed by atoms with van der Waals surface area (Å²) in [4.78, 5) is 44.6. The molecule has 222 valence electrons. The van der Waals surface area contributed by atoms with Crippen molar-refractivity contribution in [3.8, 4) is 11.5 Å². The minimum Gasteiger partial charge on any atom is -0.493 e. The molecule has 0 saturated carbocycles. The molecular formula is C31H43N5O5. The first-order chi connectivity index (χ1) is 19.8. The molecule has 2 fully saturated rings. The quantitative estimate of drug-likeness (QED) is 0.448. The number of carbonyl (C=O) groups is 3. The maximum absolute atomic E-state index is 13.9. The van der Waals surface area contributed by atoms with E-state index >= 15 is 0 Å². The van der Waals surface area contributed by atoms with Gasteiger partial charge in [0.05, 0.1) is 27.3 Å². The number of piperazine rings is 1. The number of hydrogen-bond donors (Lipinski definition) is 1. The second kappa shape index (κ2) is 13.7. The molecule has 2 aromatic rings. The third kappa shape index (κ3) is 6.93. The van der Waals surface area contributed by atoms with Crippen LogP contribution in [0.3, 0.4) is 0 Å². The first-order valence-electron chi connectivity index (χ1n) is 14.4. The maximum Gasteiger partial charge on any atom is 0.334 e. The van der Waals surface area contributed by atoms with E-state index in [9.17, 15) is 14.4 Å². The van der Waals surface area contributed by atoms with E-state index in [0.29, 0.717) is 44.0 Å². The summed E-state index contributed by atoms with van der Waals surface area (Å²) in [7, 11) is 3.19. The van der Waals surface area contributed by atoms with Gasteiger partial charge in [-0.15, -0.1) is 0 Å². The molecule has 0 aromatic heterocycles. The van der Waals surface area contributed by atoms with Crippen molar-refractivity contribution in [2.24, 2.45) is 5.92 Å². The Morgan fingerprint density at radius 1 is 1.00 bits per heavy atom. The van der Waals surface area contributed by atoms with Crippen molar-refractivity contribution in [3.63, 3.8) is 0 Å². The van der Waals surface area contributed by atoms with Crippen molar-refractivity contribution in [2.45, 2.75) is 58.8 Å². The molecule has 2 atom stereocenters. The van der Waals surface area contributed by atoms with Crippen molar-refractivity contribution in [1.82, 2.24) is 25.1 Å². The van der Waals surface area contributed by atoms with Gasteiger partial charge < -0.3 is 24.6 Å². The molecule has 2 aromatic carbocycles. The van der Waals surface area contributed by atoms with Gasteiger partial charge >= 0.3 is 6.03 Å². The Morgan fingerprint density at radius 2 is 1.73 bits per heavy atom. The van der Waals surface area contributed by atoms with Crippen LogP contribution in [0.2, 0.25) is 0 Å². The summed E-state index contributed by atoms with van der Waals surface area (Å²) in [5.41, 5.74) is 1.99. The molecule has 10 heteroatoms. The second-order valence-corrected chi connectivity index (χ2v) is 11.0. The number of urea groups is 1. The van der Waals surface area contributed by atoms with Crippen LogP contribution in [-0.4, -0.2) is 90.3 Å². The minimum atomic E-state index is -0.625. The van der Waals surface area contributed by atoms with E-state index in [1.54, 1.807) is 24.1 Å². The van der Waals surface area contributed by atoms with Crippen LogP contribution in [0.5, 0.6) is 11.5 Å². The number of benzene rings is 2. The van der Waals surface area contributed by atoms with Gasteiger partial charge in [-0.3, -0.25) is 9.59 Å². The number of methoxy groups -OCH3 is 2. The van der Waals surface area contributed by atoms with Crippen LogP contribution >= 0.6 is 0 Å². The lowest BCUT2D eigenvalue weighted by atomic mass is 9.96. The summed E-state index contributed by atoms with van der Waals surface area (Å²) in [5, 5.41) is 6.56. The Hall–Kier alpha value is -3.79. The van der Waals surface area contributed by atoms with E-state index in [1.807, 2.05) is 79.2 Å². The SMILES string of the molecule is CCCN1CC(=O)N2[C@@H](CC(C)C)C(=O)N(CCc3ccc(OC)c(OC)c3)C[C@@H]2N1C(=O)NCc1ccccc1. The number of nitrogens with one attached hydrogen (secondary N) is 1. The number of carbonyl (C=O) groups excluding carboxylic acids is 3. The Labute approximate surface area is 243 Å². The van der Waals surface area contributed by atoms with Crippen LogP contribution in [0.15, 0.2) is 48.5 Å². The smallest absolute Gasteiger partial charge is 0.334 e. The minimum absolute atomic E-state index is 0.0661. The summed E-state index contributed by atoms with van der Waals surface area (Å²) < 4.78 is 10.8. The summed E-state index contributed by atoms with van der Waals surface area (Å²) in [5.74, 6) is 1.28. The molecule has 1 N–H and O–H groups in total. The van der Waals surface area contributed by atoms with E-state index in [1.165, 1.54) is 0 Å².